The zero-order valence-electron chi connectivity index (χ0n) is 15.9. The summed E-state index contributed by atoms with van der Waals surface area (Å²) in [5.41, 5.74) is 0.640. The second kappa shape index (κ2) is 9.49. The van der Waals surface area contributed by atoms with Crippen LogP contribution in [-0.4, -0.2) is 36.4 Å². The Morgan fingerprint density at radius 1 is 1.27 bits per heavy atom. The van der Waals surface area contributed by atoms with Crippen molar-refractivity contribution in [3.63, 3.8) is 0 Å². The van der Waals surface area contributed by atoms with E-state index in [-0.39, 0.29) is 6.04 Å². The number of halogens is 2. The molecule has 144 valence electrons. The van der Waals surface area contributed by atoms with Gasteiger partial charge in [0, 0.05) is 24.0 Å². The Hall–Kier alpha value is -1.43. The summed E-state index contributed by atoms with van der Waals surface area (Å²) in [7, 11) is 1.85. The number of hydrogen-bond acceptors (Lipinski definition) is 2. The van der Waals surface area contributed by atoms with Crippen LogP contribution >= 0.6 is 0 Å². The first-order valence-electron chi connectivity index (χ1n) is 9.76. The predicted octanol–water partition coefficient (Wildman–Crippen LogP) is 4.17. The van der Waals surface area contributed by atoms with Crippen LogP contribution in [0.15, 0.2) is 18.2 Å². The molecule has 0 spiro atoms. The van der Waals surface area contributed by atoms with Crippen molar-refractivity contribution in [3.05, 3.63) is 35.4 Å². The maximum Gasteiger partial charge on any atom is 0.301 e. The molecule has 2 rings (SSSR count). The van der Waals surface area contributed by atoms with E-state index >= 15 is 0 Å². The predicted molar refractivity (Wildman–Crippen MR) is 102 cm³/mol. The number of piperidine rings is 1. The van der Waals surface area contributed by atoms with E-state index in [1.54, 1.807) is 0 Å². The van der Waals surface area contributed by atoms with Crippen LogP contribution in [0.1, 0.15) is 63.9 Å². The summed E-state index contributed by atoms with van der Waals surface area (Å²) in [5.74, 6) is -1.82. The highest BCUT2D eigenvalue weighted by molar-refractivity contribution is 6.26. The van der Waals surface area contributed by atoms with Gasteiger partial charge in [-0.05, 0) is 56.3 Å². The Kier molecular flexibility index (Phi) is 7.62. The summed E-state index contributed by atoms with van der Waals surface area (Å²) in [6, 6.07) is 3.94. The quantitative estimate of drug-likeness (QED) is 0.668. The van der Waals surface area contributed by atoms with E-state index in [9.17, 15) is 18.7 Å². The maximum absolute atomic E-state index is 13.5. The third-order valence-electron chi connectivity index (χ3n) is 5.68. The highest BCUT2D eigenvalue weighted by atomic mass is 19.1. The van der Waals surface area contributed by atoms with Gasteiger partial charge in [0.1, 0.15) is 19.5 Å². The first-order chi connectivity index (χ1) is 12.3. The molecule has 0 radical (unpaired) electrons. The van der Waals surface area contributed by atoms with E-state index in [1.807, 2.05) is 7.85 Å². The Bertz CT molecular complexity index is 593. The summed E-state index contributed by atoms with van der Waals surface area (Å²) in [6.07, 6.45) is 7.26. The smallest absolute Gasteiger partial charge is 0.301 e. The van der Waals surface area contributed by atoms with E-state index < -0.39 is 22.9 Å². The molecule has 2 unspecified atom stereocenters. The molecule has 0 saturated carbocycles. The molecule has 1 fully saturated rings. The Morgan fingerprint density at radius 3 is 2.58 bits per heavy atom. The van der Waals surface area contributed by atoms with Crippen LogP contribution in [-0.2, 0) is 11.3 Å². The number of hydrogen-bond donors (Lipinski definition) is 1. The van der Waals surface area contributed by atoms with Gasteiger partial charge in [0.2, 0.25) is 0 Å². The SMILES string of the molecule is BC(CCCC)(CCC1CCCCN1Cc1cc(F)cc(F)c1)C(=O)O. The van der Waals surface area contributed by atoms with Crippen LogP contribution in [0, 0.1) is 11.6 Å². The monoisotopic (exact) mass is 365 g/mol. The summed E-state index contributed by atoms with van der Waals surface area (Å²) >= 11 is 0. The molecule has 1 heterocycles. The van der Waals surface area contributed by atoms with E-state index in [4.69, 9.17) is 0 Å². The Labute approximate surface area is 156 Å². The van der Waals surface area contributed by atoms with Crippen molar-refractivity contribution < 1.29 is 18.7 Å². The zero-order chi connectivity index (χ0) is 19.2. The van der Waals surface area contributed by atoms with Gasteiger partial charge in [-0.1, -0.05) is 26.2 Å². The minimum atomic E-state index is -0.722. The van der Waals surface area contributed by atoms with Crippen LogP contribution in [0.5, 0.6) is 0 Å². The van der Waals surface area contributed by atoms with Crippen LogP contribution in [0.4, 0.5) is 8.78 Å². The number of unbranched alkanes of at least 4 members (excludes halogenated alkanes) is 1. The molecule has 1 aromatic carbocycles. The van der Waals surface area contributed by atoms with Gasteiger partial charge in [-0.15, -0.1) is 0 Å². The van der Waals surface area contributed by atoms with Crippen LogP contribution < -0.4 is 0 Å². The number of rotatable bonds is 9. The number of carboxylic acid groups (broad SMARTS) is 1. The molecular weight excluding hydrogens is 335 g/mol. The first kappa shape index (κ1) is 20.9. The van der Waals surface area contributed by atoms with Gasteiger partial charge in [-0.3, -0.25) is 9.69 Å². The molecule has 1 aliphatic heterocycles. The number of aliphatic carboxylic acids is 1. The lowest BCUT2D eigenvalue weighted by molar-refractivity contribution is -0.141. The molecule has 6 heteroatoms. The van der Waals surface area contributed by atoms with E-state index in [0.717, 1.165) is 51.1 Å². The topological polar surface area (TPSA) is 40.5 Å². The van der Waals surface area contributed by atoms with Crippen LogP contribution in [0.2, 0.25) is 5.31 Å². The summed E-state index contributed by atoms with van der Waals surface area (Å²) in [4.78, 5) is 14.0. The van der Waals surface area contributed by atoms with Crippen molar-refractivity contribution in [1.29, 1.82) is 0 Å². The van der Waals surface area contributed by atoms with Crippen molar-refractivity contribution in [1.82, 2.24) is 4.90 Å². The van der Waals surface area contributed by atoms with E-state index in [1.165, 1.54) is 12.1 Å². The van der Waals surface area contributed by atoms with Crippen LogP contribution in [0.3, 0.4) is 0 Å². The van der Waals surface area contributed by atoms with Gasteiger partial charge in [0.05, 0.1) is 0 Å². The largest absolute Gasteiger partial charge is 0.481 e. The number of likely N-dealkylation sites (tertiary alicyclic amines) is 1. The fourth-order valence-corrected chi connectivity index (χ4v) is 3.92. The third kappa shape index (κ3) is 5.80. The summed E-state index contributed by atoms with van der Waals surface area (Å²) in [6.45, 7) is 3.48. The molecule has 0 aliphatic carbocycles. The molecule has 1 aromatic rings. The lowest BCUT2D eigenvalue weighted by Crippen LogP contribution is -2.40. The van der Waals surface area contributed by atoms with Gasteiger partial charge in [-0.25, -0.2) is 8.78 Å². The molecule has 1 saturated heterocycles. The van der Waals surface area contributed by atoms with Gasteiger partial charge >= 0.3 is 5.97 Å². The zero-order valence-corrected chi connectivity index (χ0v) is 15.9. The Balaban J connectivity index is 2.02. The highest BCUT2D eigenvalue weighted by Gasteiger charge is 2.34. The standard InChI is InChI=1S/C20H30BF2NO2/c1-2-3-8-20(21,19(25)26)9-7-18-6-4-5-10-24(18)14-15-11-16(22)13-17(23)12-15/h11-13,18H,2-10,14,21H2,1H3,(H,25,26). The van der Waals surface area contributed by atoms with Crippen molar-refractivity contribution in [2.75, 3.05) is 6.54 Å². The van der Waals surface area contributed by atoms with E-state index in [2.05, 4.69) is 11.8 Å². The molecule has 26 heavy (non-hydrogen) atoms. The summed E-state index contributed by atoms with van der Waals surface area (Å²) in [5, 5.41) is 8.96. The lowest BCUT2D eigenvalue weighted by atomic mass is 9.62. The average molecular weight is 365 g/mol. The van der Waals surface area contributed by atoms with E-state index in [0.29, 0.717) is 24.9 Å². The minimum Gasteiger partial charge on any atom is -0.481 e. The molecule has 3 nitrogen and oxygen atoms in total. The molecule has 1 N–H and O–H groups in total. The fraction of sp³-hybridized carbons (Fsp3) is 0.650. The minimum absolute atomic E-state index is 0.274. The second-order valence-corrected chi connectivity index (χ2v) is 7.91. The molecular formula is C20H30BF2NO2. The normalized spacial score (nSPS) is 20.7. The second-order valence-electron chi connectivity index (χ2n) is 7.91. The molecule has 0 bridgehead atoms. The van der Waals surface area contributed by atoms with Crippen molar-refractivity contribution in [3.8, 4) is 0 Å². The first-order valence-corrected chi connectivity index (χ1v) is 9.76. The van der Waals surface area contributed by atoms with Gasteiger partial charge in [-0.2, -0.15) is 0 Å². The number of nitrogens with zero attached hydrogens (tertiary/aromatic N) is 1. The number of carbonyl (C=O) groups is 1. The third-order valence-corrected chi connectivity index (χ3v) is 5.68. The molecule has 0 amide bonds. The van der Waals surface area contributed by atoms with Crippen LogP contribution in [0.25, 0.3) is 0 Å². The average Bonchev–Trinajstić information content (AvgIpc) is 2.58. The molecule has 2 atom stereocenters. The molecule has 1 aliphatic rings. The fourth-order valence-electron chi connectivity index (χ4n) is 3.92. The number of benzene rings is 1. The van der Waals surface area contributed by atoms with Gasteiger partial charge < -0.3 is 5.11 Å². The maximum atomic E-state index is 13.5. The van der Waals surface area contributed by atoms with Crippen molar-refractivity contribution in [2.24, 2.45) is 0 Å². The van der Waals surface area contributed by atoms with Crippen molar-refractivity contribution in [2.45, 2.75) is 76.2 Å². The van der Waals surface area contributed by atoms with Gasteiger partial charge in [0.25, 0.3) is 0 Å². The highest BCUT2D eigenvalue weighted by Crippen LogP contribution is 2.37. The summed E-state index contributed by atoms with van der Waals surface area (Å²) < 4.78 is 26.9. The lowest BCUT2D eigenvalue weighted by Gasteiger charge is -2.37. The molecule has 0 aromatic heterocycles. The number of carboxylic acids is 1. The van der Waals surface area contributed by atoms with Gasteiger partial charge in [0.15, 0.2) is 0 Å². The van der Waals surface area contributed by atoms with Crippen molar-refractivity contribution >= 4 is 13.8 Å². The Morgan fingerprint density at radius 2 is 1.96 bits per heavy atom.